The van der Waals surface area contributed by atoms with Gasteiger partial charge in [0.2, 0.25) is 0 Å². The van der Waals surface area contributed by atoms with Gasteiger partial charge in [-0.3, -0.25) is 4.79 Å². The van der Waals surface area contributed by atoms with Gasteiger partial charge in [0.15, 0.2) is 0 Å². The van der Waals surface area contributed by atoms with Crippen molar-refractivity contribution in [3.05, 3.63) is 21.3 Å². The first-order valence-corrected chi connectivity index (χ1v) is 7.51. The van der Waals surface area contributed by atoms with Crippen LogP contribution in [0.2, 0.25) is 4.34 Å². The van der Waals surface area contributed by atoms with Crippen LogP contribution in [0.5, 0.6) is 0 Å². The molecule has 102 valence electrons. The number of thiophene rings is 1. The van der Waals surface area contributed by atoms with Crippen molar-refractivity contribution in [1.82, 2.24) is 5.32 Å². The van der Waals surface area contributed by atoms with Gasteiger partial charge in [0.25, 0.3) is 0 Å². The highest BCUT2D eigenvalue weighted by Crippen LogP contribution is 2.21. The molecule has 0 fully saturated rings. The first kappa shape index (κ1) is 15.5. The van der Waals surface area contributed by atoms with E-state index in [1.807, 2.05) is 19.1 Å². The summed E-state index contributed by atoms with van der Waals surface area (Å²) < 4.78 is 5.85. The summed E-state index contributed by atoms with van der Waals surface area (Å²) >= 11 is 7.45. The van der Waals surface area contributed by atoms with Gasteiger partial charge in [-0.25, -0.2) is 0 Å². The summed E-state index contributed by atoms with van der Waals surface area (Å²) in [7, 11) is 0. The Kier molecular flexibility index (Phi) is 7.32. The number of ether oxygens (including phenoxy) is 1. The van der Waals surface area contributed by atoms with E-state index in [1.54, 1.807) is 11.3 Å². The Balaban J connectivity index is 2.35. The zero-order chi connectivity index (χ0) is 13.4. The normalized spacial score (nSPS) is 12.4. The van der Waals surface area contributed by atoms with Gasteiger partial charge in [-0.15, -0.1) is 11.3 Å². The zero-order valence-corrected chi connectivity index (χ0v) is 12.4. The van der Waals surface area contributed by atoms with Crippen LogP contribution < -0.4 is 5.32 Å². The zero-order valence-electron chi connectivity index (χ0n) is 10.9. The number of nitrogens with one attached hydrogen (secondary N) is 1. The Morgan fingerprint density at radius 3 is 2.83 bits per heavy atom. The molecule has 0 saturated heterocycles. The maximum atomic E-state index is 11.7. The topological polar surface area (TPSA) is 38.3 Å². The van der Waals surface area contributed by atoms with Crippen LogP contribution in [0.15, 0.2) is 12.1 Å². The Morgan fingerprint density at radius 1 is 1.50 bits per heavy atom. The number of esters is 1. The summed E-state index contributed by atoms with van der Waals surface area (Å²) in [6.45, 7) is 5.09. The molecule has 1 aromatic heterocycles. The number of carbonyl (C=O) groups is 1. The van der Waals surface area contributed by atoms with Gasteiger partial charge in [0.05, 0.1) is 10.9 Å². The van der Waals surface area contributed by atoms with Crippen LogP contribution in [-0.4, -0.2) is 25.2 Å². The molecule has 0 saturated carbocycles. The van der Waals surface area contributed by atoms with Crippen LogP contribution in [0.4, 0.5) is 0 Å². The molecule has 0 spiro atoms. The van der Waals surface area contributed by atoms with Crippen molar-refractivity contribution in [1.29, 1.82) is 0 Å². The molecular formula is C13H20ClNO2S. The van der Waals surface area contributed by atoms with E-state index in [0.29, 0.717) is 6.61 Å². The predicted molar refractivity (Wildman–Crippen MR) is 76.4 cm³/mol. The van der Waals surface area contributed by atoms with Gasteiger partial charge >= 0.3 is 5.97 Å². The average Bonchev–Trinajstić information content (AvgIpc) is 2.74. The molecule has 0 aliphatic heterocycles. The summed E-state index contributed by atoms with van der Waals surface area (Å²) in [4.78, 5) is 12.9. The van der Waals surface area contributed by atoms with E-state index in [0.717, 1.165) is 30.1 Å². The maximum absolute atomic E-state index is 11.7. The summed E-state index contributed by atoms with van der Waals surface area (Å²) in [6, 6.07) is 3.73. The third kappa shape index (κ3) is 5.38. The van der Waals surface area contributed by atoms with Gasteiger partial charge < -0.3 is 10.1 Å². The van der Waals surface area contributed by atoms with Crippen molar-refractivity contribution < 1.29 is 9.53 Å². The molecule has 1 atom stereocenters. The largest absolute Gasteiger partial charge is 0.465 e. The summed E-state index contributed by atoms with van der Waals surface area (Å²) in [5.41, 5.74) is 0. The van der Waals surface area contributed by atoms with Crippen molar-refractivity contribution >= 4 is 28.9 Å². The van der Waals surface area contributed by atoms with Crippen molar-refractivity contribution in [2.24, 2.45) is 0 Å². The van der Waals surface area contributed by atoms with Crippen LogP contribution >= 0.6 is 22.9 Å². The highest BCUT2D eigenvalue weighted by atomic mass is 35.5. The molecule has 3 nitrogen and oxygen atoms in total. The van der Waals surface area contributed by atoms with Crippen LogP contribution in [0.1, 0.15) is 31.6 Å². The van der Waals surface area contributed by atoms with E-state index < -0.39 is 0 Å². The molecule has 0 radical (unpaired) electrons. The quantitative estimate of drug-likeness (QED) is 0.747. The van der Waals surface area contributed by atoms with Crippen LogP contribution in [0.3, 0.4) is 0 Å². The Hall–Kier alpha value is -0.580. The molecule has 0 aliphatic carbocycles. The van der Waals surface area contributed by atoms with E-state index in [4.69, 9.17) is 16.3 Å². The van der Waals surface area contributed by atoms with Crippen LogP contribution in [0.25, 0.3) is 0 Å². The molecule has 1 N–H and O–H groups in total. The highest BCUT2D eigenvalue weighted by Gasteiger charge is 2.17. The van der Waals surface area contributed by atoms with Crippen LogP contribution in [0, 0.1) is 0 Å². The maximum Gasteiger partial charge on any atom is 0.323 e. The fourth-order valence-corrected chi connectivity index (χ4v) is 2.78. The molecule has 1 heterocycles. The van der Waals surface area contributed by atoms with Gasteiger partial charge in [0.1, 0.15) is 6.04 Å². The second-order valence-electron chi connectivity index (χ2n) is 4.00. The second kappa shape index (κ2) is 8.51. The fraction of sp³-hybridized carbons (Fsp3) is 0.615. The minimum absolute atomic E-state index is 0.149. The molecule has 1 aromatic rings. The third-order valence-corrected chi connectivity index (χ3v) is 3.83. The molecule has 0 aliphatic rings. The Bertz CT molecular complexity index is 368. The van der Waals surface area contributed by atoms with Crippen molar-refractivity contribution in [3.63, 3.8) is 0 Å². The smallest absolute Gasteiger partial charge is 0.323 e. The van der Waals surface area contributed by atoms with Crippen molar-refractivity contribution in [3.8, 4) is 0 Å². The lowest BCUT2D eigenvalue weighted by Crippen LogP contribution is -2.39. The highest BCUT2D eigenvalue weighted by molar-refractivity contribution is 7.16. The number of hydrogen-bond donors (Lipinski definition) is 1. The van der Waals surface area contributed by atoms with Crippen LogP contribution in [-0.2, 0) is 16.0 Å². The van der Waals surface area contributed by atoms with E-state index in [-0.39, 0.29) is 12.0 Å². The second-order valence-corrected chi connectivity index (χ2v) is 5.80. The first-order chi connectivity index (χ1) is 8.67. The standard InChI is InChI=1S/C13H20ClNO2S/c1-3-5-11(13(16)17-4-2)15-9-8-10-6-7-12(14)18-10/h6-7,11,15H,3-5,8-9H2,1-2H3. The summed E-state index contributed by atoms with van der Waals surface area (Å²) in [5, 5.41) is 3.25. The molecule has 0 bridgehead atoms. The lowest BCUT2D eigenvalue weighted by atomic mass is 10.1. The lowest BCUT2D eigenvalue weighted by Gasteiger charge is -2.16. The number of hydrogen-bond acceptors (Lipinski definition) is 4. The SMILES string of the molecule is CCCC(NCCc1ccc(Cl)s1)C(=O)OCC. The molecule has 5 heteroatoms. The van der Waals surface area contributed by atoms with E-state index in [9.17, 15) is 4.79 Å². The summed E-state index contributed by atoms with van der Waals surface area (Å²) in [5.74, 6) is -0.149. The Labute approximate surface area is 117 Å². The van der Waals surface area contributed by atoms with Gasteiger partial charge in [-0.2, -0.15) is 0 Å². The third-order valence-electron chi connectivity index (χ3n) is 2.54. The van der Waals surface area contributed by atoms with E-state index in [2.05, 4.69) is 12.2 Å². The number of halogens is 1. The molecular weight excluding hydrogens is 270 g/mol. The minimum atomic E-state index is -0.189. The van der Waals surface area contributed by atoms with Gasteiger partial charge in [-0.05, 0) is 31.9 Å². The van der Waals surface area contributed by atoms with E-state index in [1.165, 1.54) is 4.88 Å². The average molecular weight is 290 g/mol. The van der Waals surface area contributed by atoms with Crippen molar-refractivity contribution in [2.75, 3.05) is 13.2 Å². The van der Waals surface area contributed by atoms with Gasteiger partial charge in [0, 0.05) is 11.4 Å². The molecule has 0 aromatic carbocycles. The number of carbonyl (C=O) groups excluding carboxylic acids is 1. The van der Waals surface area contributed by atoms with E-state index >= 15 is 0 Å². The monoisotopic (exact) mass is 289 g/mol. The lowest BCUT2D eigenvalue weighted by molar-refractivity contribution is -0.145. The summed E-state index contributed by atoms with van der Waals surface area (Å²) in [6.07, 6.45) is 2.66. The number of rotatable bonds is 8. The predicted octanol–water partition coefficient (Wildman–Crippen LogP) is 3.27. The van der Waals surface area contributed by atoms with Crippen molar-refractivity contribution in [2.45, 2.75) is 39.2 Å². The fourth-order valence-electron chi connectivity index (χ4n) is 1.69. The molecule has 1 rings (SSSR count). The molecule has 1 unspecified atom stereocenters. The molecule has 0 amide bonds. The Morgan fingerprint density at radius 2 is 2.28 bits per heavy atom. The minimum Gasteiger partial charge on any atom is -0.465 e. The molecule has 18 heavy (non-hydrogen) atoms. The van der Waals surface area contributed by atoms with Gasteiger partial charge in [-0.1, -0.05) is 24.9 Å². The first-order valence-electron chi connectivity index (χ1n) is 6.31.